The number of aryl methyl sites for hydroxylation is 1. The molecule has 0 fully saturated rings. The highest BCUT2D eigenvalue weighted by atomic mass is 16.5. The predicted octanol–water partition coefficient (Wildman–Crippen LogP) is 0.102. The normalized spacial score (nSPS) is 14.2. The van der Waals surface area contributed by atoms with Crippen LogP contribution in [0.1, 0.15) is 17.5 Å². The Kier molecular flexibility index (Phi) is 4.13. The van der Waals surface area contributed by atoms with Gasteiger partial charge >= 0.3 is 0 Å². The number of nitrogens with one attached hydrogen (secondary N) is 1. The van der Waals surface area contributed by atoms with Crippen molar-refractivity contribution in [3.63, 3.8) is 0 Å². The summed E-state index contributed by atoms with van der Waals surface area (Å²) in [5.74, 6) is 4.73. The van der Waals surface area contributed by atoms with Crippen LogP contribution in [0, 0.1) is 0 Å². The number of nitrogens with zero attached hydrogens (tertiary/aromatic N) is 1. The van der Waals surface area contributed by atoms with E-state index in [9.17, 15) is 9.59 Å². The minimum absolute atomic E-state index is 0.0635. The summed E-state index contributed by atoms with van der Waals surface area (Å²) in [4.78, 5) is 24.1. The van der Waals surface area contributed by atoms with Gasteiger partial charge in [-0.15, -0.1) is 0 Å². The van der Waals surface area contributed by atoms with Crippen molar-refractivity contribution < 1.29 is 14.3 Å². The molecule has 1 aromatic rings. The molecule has 1 aliphatic rings. The molecule has 2 amide bonds. The average Bonchev–Trinajstić information content (AvgIpc) is 2.43. The van der Waals surface area contributed by atoms with Crippen molar-refractivity contribution in [2.24, 2.45) is 5.84 Å². The number of hydrogen-bond donors (Lipinski definition) is 2. The number of benzene rings is 1. The minimum Gasteiger partial charge on any atom is -0.367 e. The van der Waals surface area contributed by atoms with Gasteiger partial charge in [0.25, 0.3) is 5.91 Å². The summed E-state index contributed by atoms with van der Waals surface area (Å²) < 4.78 is 5.24. The van der Waals surface area contributed by atoms with Gasteiger partial charge in [-0.2, -0.15) is 0 Å². The summed E-state index contributed by atoms with van der Waals surface area (Å²) in [5.41, 5.74) is 5.06. The number of anilines is 1. The van der Waals surface area contributed by atoms with Crippen LogP contribution in [-0.4, -0.2) is 25.5 Å². The molecule has 19 heavy (non-hydrogen) atoms. The molecule has 102 valence electrons. The Morgan fingerprint density at radius 3 is 3.00 bits per heavy atom. The number of amides is 2. The van der Waals surface area contributed by atoms with Gasteiger partial charge < -0.3 is 9.64 Å². The summed E-state index contributed by atoms with van der Waals surface area (Å²) >= 11 is 0. The zero-order chi connectivity index (χ0) is 13.8. The molecule has 0 saturated carbocycles. The third kappa shape index (κ3) is 3.10. The fraction of sp³-hybridized carbons (Fsp3) is 0.385. The molecule has 6 nitrogen and oxygen atoms in total. The first kappa shape index (κ1) is 13.5. The lowest BCUT2D eigenvalue weighted by Gasteiger charge is -2.26. The Balaban J connectivity index is 2.01. The third-order valence-electron chi connectivity index (χ3n) is 3.15. The van der Waals surface area contributed by atoms with Crippen LogP contribution in [0.4, 0.5) is 5.69 Å². The molecule has 0 aliphatic carbocycles. The van der Waals surface area contributed by atoms with Crippen molar-refractivity contribution in [1.82, 2.24) is 5.43 Å². The van der Waals surface area contributed by atoms with E-state index in [4.69, 9.17) is 10.6 Å². The molecule has 1 aliphatic heterocycles. The number of nitrogens with two attached hydrogens (primary N) is 1. The third-order valence-corrected chi connectivity index (χ3v) is 3.15. The molecule has 0 unspecified atom stereocenters. The Hall–Kier alpha value is -1.92. The van der Waals surface area contributed by atoms with Crippen molar-refractivity contribution in [3.8, 4) is 0 Å². The molecule has 1 heterocycles. The second-order valence-corrected chi connectivity index (χ2v) is 4.48. The number of carbonyl (C=O) groups is 2. The molecule has 0 radical (unpaired) electrons. The maximum atomic E-state index is 11.6. The molecule has 0 spiro atoms. The zero-order valence-electron chi connectivity index (χ0n) is 10.8. The highest BCUT2D eigenvalue weighted by Gasteiger charge is 2.20. The highest BCUT2D eigenvalue weighted by Crippen LogP contribution is 2.27. The fourth-order valence-corrected chi connectivity index (χ4v) is 2.10. The maximum absolute atomic E-state index is 11.6. The first-order valence-electron chi connectivity index (χ1n) is 6.07. The van der Waals surface area contributed by atoms with E-state index in [1.165, 1.54) is 0 Å². The topological polar surface area (TPSA) is 84.7 Å². The van der Waals surface area contributed by atoms with Crippen molar-refractivity contribution in [1.29, 1.82) is 0 Å². The summed E-state index contributed by atoms with van der Waals surface area (Å²) in [5, 5.41) is 0. The second kappa shape index (κ2) is 5.81. The first-order chi connectivity index (χ1) is 9.11. The lowest BCUT2D eigenvalue weighted by molar-refractivity contribution is -0.126. The predicted molar refractivity (Wildman–Crippen MR) is 70.2 cm³/mol. The smallest absolute Gasteiger partial charge is 0.259 e. The van der Waals surface area contributed by atoms with E-state index >= 15 is 0 Å². The summed E-state index contributed by atoms with van der Waals surface area (Å²) in [6.45, 7) is 0.282. The van der Waals surface area contributed by atoms with Crippen LogP contribution in [0.5, 0.6) is 0 Å². The second-order valence-electron chi connectivity index (χ2n) is 4.48. The van der Waals surface area contributed by atoms with Crippen LogP contribution in [0.25, 0.3) is 0 Å². The molecular weight excluding hydrogens is 246 g/mol. The number of rotatable bonds is 4. The quantitative estimate of drug-likeness (QED) is 0.458. The van der Waals surface area contributed by atoms with Crippen molar-refractivity contribution in [3.05, 3.63) is 29.3 Å². The van der Waals surface area contributed by atoms with E-state index in [1.807, 2.05) is 23.6 Å². The van der Waals surface area contributed by atoms with Crippen LogP contribution in [-0.2, 0) is 27.4 Å². The van der Waals surface area contributed by atoms with Gasteiger partial charge in [-0.1, -0.05) is 12.1 Å². The number of carbonyl (C=O) groups excluding carboxylic acids is 2. The number of hydrogen-bond acceptors (Lipinski definition) is 4. The molecule has 1 aromatic carbocycles. The van der Waals surface area contributed by atoms with E-state index in [0.717, 1.165) is 23.2 Å². The maximum Gasteiger partial charge on any atom is 0.259 e. The largest absolute Gasteiger partial charge is 0.367 e. The van der Waals surface area contributed by atoms with Gasteiger partial charge in [0.15, 0.2) is 0 Å². The monoisotopic (exact) mass is 263 g/mol. The minimum atomic E-state index is -0.358. The Morgan fingerprint density at radius 1 is 1.47 bits per heavy atom. The number of fused-ring (bicyclic) bond motifs is 1. The molecular formula is C13H17N3O3. The summed E-state index contributed by atoms with van der Waals surface area (Å²) in [7, 11) is 1.78. The molecule has 6 heteroatoms. The van der Waals surface area contributed by atoms with E-state index in [0.29, 0.717) is 13.0 Å². The van der Waals surface area contributed by atoms with Crippen molar-refractivity contribution in [2.45, 2.75) is 19.4 Å². The Morgan fingerprint density at radius 2 is 2.26 bits per heavy atom. The average molecular weight is 263 g/mol. The van der Waals surface area contributed by atoms with Gasteiger partial charge in [0.2, 0.25) is 5.91 Å². The summed E-state index contributed by atoms with van der Waals surface area (Å²) in [6.07, 6.45) is 1.28. The molecule has 0 aromatic heterocycles. The van der Waals surface area contributed by atoms with Crippen molar-refractivity contribution >= 4 is 17.5 Å². The van der Waals surface area contributed by atoms with Crippen LogP contribution < -0.4 is 16.2 Å². The molecule has 0 atom stereocenters. The van der Waals surface area contributed by atoms with Crippen LogP contribution in [0.15, 0.2) is 18.2 Å². The lowest BCUT2D eigenvalue weighted by Crippen LogP contribution is -2.33. The Labute approximate surface area is 111 Å². The Bertz CT molecular complexity index is 502. The number of ether oxygens (including phenoxy) is 1. The summed E-state index contributed by atoms with van der Waals surface area (Å²) in [6, 6.07) is 5.82. The SMILES string of the molecule is CN1C(=O)CCc2cc(COCC(=O)NN)ccc21. The lowest BCUT2D eigenvalue weighted by atomic mass is 9.99. The van der Waals surface area contributed by atoms with Crippen molar-refractivity contribution in [2.75, 3.05) is 18.6 Å². The highest BCUT2D eigenvalue weighted by molar-refractivity contribution is 5.95. The van der Waals surface area contributed by atoms with E-state index in [-0.39, 0.29) is 18.4 Å². The first-order valence-corrected chi connectivity index (χ1v) is 6.07. The van der Waals surface area contributed by atoms with Gasteiger partial charge in [-0.25, -0.2) is 5.84 Å². The van der Waals surface area contributed by atoms with Gasteiger partial charge in [0.1, 0.15) is 6.61 Å². The zero-order valence-corrected chi connectivity index (χ0v) is 10.8. The molecule has 3 N–H and O–H groups in total. The van der Waals surface area contributed by atoms with Crippen LogP contribution in [0.3, 0.4) is 0 Å². The van der Waals surface area contributed by atoms with Gasteiger partial charge in [-0.3, -0.25) is 15.0 Å². The molecule has 0 saturated heterocycles. The van der Waals surface area contributed by atoms with Crippen LogP contribution in [0.2, 0.25) is 0 Å². The van der Waals surface area contributed by atoms with E-state index in [2.05, 4.69) is 0 Å². The van der Waals surface area contributed by atoms with Gasteiger partial charge in [0.05, 0.1) is 6.61 Å². The molecule has 0 bridgehead atoms. The fourth-order valence-electron chi connectivity index (χ4n) is 2.10. The molecule has 2 rings (SSSR count). The van der Waals surface area contributed by atoms with Crippen LogP contribution >= 0.6 is 0 Å². The van der Waals surface area contributed by atoms with E-state index < -0.39 is 0 Å². The standard InChI is InChI=1S/C13H17N3O3/c1-16-11-4-2-9(7-19-8-12(17)15-14)6-10(11)3-5-13(16)18/h2,4,6H,3,5,7-8,14H2,1H3,(H,15,17). The number of hydrazine groups is 1. The van der Waals surface area contributed by atoms with E-state index in [1.54, 1.807) is 11.9 Å². The van der Waals surface area contributed by atoms with Gasteiger partial charge in [-0.05, 0) is 23.6 Å². The van der Waals surface area contributed by atoms with Gasteiger partial charge in [0, 0.05) is 19.2 Å².